The van der Waals surface area contributed by atoms with Crippen molar-refractivity contribution in [3.63, 3.8) is 0 Å². The van der Waals surface area contributed by atoms with Crippen LogP contribution in [0.25, 0.3) is 0 Å². The van der Waals surface area contributed by atoms with Crippen molar-refractivity contribution in [2.24, 2.45) is 5.92 Å². The van der Waals surface area contributed by atoms with E-state index in [4.69, 9.17) is 9.47 Å². The van der Waals surface area contributed by atoms with Crippen molar-refractivity contribution in [3.8, 4) is 11.5 Å². The van der Waals surface area contributed by atoms with Gasteiger partial charge in [-0.1, -0.05) is 26.0 Å². The van der Waals surface area contributed by atoms with E-state index in [9.17, 15) is 0 Å². The van der Waals surface area contributed by atoms with Gasteiger partial charge in [0.15, 0.2) is 0 Å². The lowest BCUT2D eigenvalue weighted by Gasteiger charge is -2.15. The van der Waals surface area contributed by atoms with Gasteiger partial charge in [-0.2, -0.15) is 0 Å². The minimum absolute atomic E-state index is 0.655. The Labute approximate surface area is 111 Å². The van der Waals surface area contributed by atoms with Gasteiger partial charge in [0.05, 0.1) is 13.2 Å². The lowest BCUT2D eigenvalue weighted by Crippen LogP contribution is -2.05. The number of rotatable bonds is 8. The second kappa shape index (κ2) is 7.80. The molecule has 0 fully saturated rings. The minimum Gasteiger partial charge on any atom is -0.493 e. The van der Waals surface area contributed by atoms with E-state index in [1.54, 1.807) is 0 Å². The summed E-state index contributed by atoms with van der Waals surface area (Å²) in [6.07, 6.45) is 3.72. The molecule has 2 nitrogen and oxygen atoms in total. The molecule has 0 saturated carbocycles. The second-order valence-corrected chi connectivity index (χ2v) is 4.69. The van der Waals surface area contributed by atoms with Crippen molar-refractivity contribution in [1.29, 1.82) is 0 Å². The molecule has 2 heteroatoms. The van der Waals surface area contributed by atoms with Gasteiger partial charge >= 0.3 is 0 Å². The maximum atomic E-state index is 5.86. The molecule has 0 bridgehead atoms. The Hall–Kier alpha value is -1.44. The van der Waals surface area contributed by atoms with Crippen LogP contribution in [0.2, 0.25) is 0 Å². The highest BCUT2D eigenvalue weighted by atomic mass is 16.5. The topological polar surface area (TPSA) is 18.5 Å². The molecule has 0 aliphatic heterocycles. The van der Waals surface area contributed by atoms with E-state index in [0.29, 0.717) is 12.5 Å². The summed E-state index contributed by atoms with van der Waals surface area (Å²) in [5.74, 6) is 2.48. The van der Waals surface area contributed by atoms with Gasteiger partial charge in [0.25, 0.3) is 0 Å². The summed E-state index contributed by atoms with van der Waals surface area (Å²) < 4.78 is 11.5. The van der Waals surface area contributed by atoms with Crippen molar-refractivity contribution in [2.75, 3.05) is 13.2 Å². The Balaban J connectivity index is 2.80. The van der Waals surface area contributed by atoms with Crippen molar-refractivity contribution in [1.82, 2.24) is 0 Å². The molecule has 0 aromatic heterocycles. The van der Waals surface area contributed by atoms with Gasteiger partial charge in [-0.25, -0.2) is 0 Å². The first kappa shape index (κ1) is 14.6. The van der Waals surface area contributed by atoms with Crippen LogP contribution >= 0.6 is 0 Å². The number of allylic oxidation sites excluding steroid dienone is 1. The largest absolute Gasteiger partial charge is 0.493 e. The van der Waals surface area contributed by atoms with Crippen molar-refractivity contribution < 1.29 is 9.47 Å². The summed E-state index contributed by atoms with van der Waals surface area (Å²) in [4.78, 5) is 0. The molecule has 0 unspecified atom stereocenters. The maximum absolute atomic E-state index is 5.86. The van der Waals surface area contributed by atoms with E-state index in [1.807, 2.05) is 31.2 Å². The first-order valence-electron chi connectivity index (χ1n) is 6.67. The molecule has 0 saturated heterocycles. The van der Waals surface area contributed by atoms with Gasteiger partial charge in [0.1, 0.15) is 11.5 Å². The predicted molar refractivity (Wildman–Crippen MR) is 76.5 cm³/mol. The Bertz CT molecular complexity index is 369. The lowest BCUT2D eigenvalue weighted by molar-refractivity contribution is 0.282. The van der Waals surface area contributed by atoms with Crippen LogP contribution in [0.5, 0.6) is 11.5 Å². The van der Waals surface area contributed by atoms with Gasteiger partial charge in [-0.15, -0.1) is 6.58 Å². The molecule has 1 aromatic rings. The van der Waals surface area contributed by atoms with Gasteiger partial charge in [0.2, 0.25) is 0 Å². The highest BCUT2D eigenvalue weighted by molar-refractivity contribution is 5.45. The van der Waals surface area contributed by atoms with Crippen LogP contribution < -0.4 is 9.47 Å². The monoisotopic (exact) mass is 248 g/mol. The van der Waals surface area contributed by atoms with Gasteiger partial charge < -0.3 is 9.47 Å². The Morgan fingerprint density at radius 1 is 1.22 bits per heavy atom. The summed E-state index contributed by atoms with van der Waals surface area (Å²) in [6.45, 7) is 11.6. The van der Waals surface area contributed by atoms with E-state index < -0.39 is 0 Å². The fourth-order valence-corrected chi connectivity index (χ4v) is 1.72. The molecule has 0 heterocycles. The van der Waals surface area contributed by atoms with E-state index in [2.05, 4.69) is 20.4 Å². The Morgan fingerprint density at radius 3 is 2.44 bits per heavy atom. The molecular weight excluding hydrogens is 224 g/mol. The zero-order chi connectivity index (χ0) is 13.4. The van der Waals surface area contributed by atoms with Gasteiger partial charge in [-0.05, 0) is 37.8 Å². The third-order valence-electron chi connectivity index (χ3n) is 2.69. The second-order valence-electron chi connectivity index (χ2n) is 4.69. The first-order chi connectivity index (χ1) is 8.69. The van der Waals surface area contributed by atoms with E-state index >= 15 is 0 Å². The van der Waals surface area contributed by atoms with Crippen LogP contribution in [-0.2, 0) is 6.42 Å². The zero-order valence-corrected chi connectivity index (χ0v) is 11.7. The Kier molecular flexibility index (Phi) is 6.34. The number of benzene rings is 1. The molecule has 100 valence electrons. The van der Waals surface area contributed by atoms with Gasteiger partial charge in [0, 0.05) is 5.56 Å². The SMILES string of the molecule is C=CCc1c(OCC)cccc1OCCC(C)C. The minimum atomic E-state index is 0.655. The molecule has 0 radical (unpaired) electrons. The van der Waals surface area contributed by atoms with Crippen LogP contribution in [0, 0.1) is 5.92 Å². The first-order valence-corrected chi connectivity index (χ1v) is 6.67. The number of ether oxygens (including phenoxy) is 2. The van der Waals surface area contributed by atoms with Crippen LogP contribution in [0.15, 0.2) is 30.9 Å². The molecule has 0 atom stereocenters. The van der Waals surface area contributed by atoms with Crippen LogP contribution in [0.1, 0.15) is 32.8 Å². The molecule has 0 aliphatic rings. The average Bonchev–Trinajstić information content (AvgIpc) is 2.33. The summed E-state index contributed by atoms with van der Waals surface area (Å²) in [5, 5.41) is 0. The van der Waals surface area contributed by atoms with Crippen molar-refractivity contribution in [3.05, 3.63) is 36.4 Å². The van der Waals surface area contributed by atoms with Crippen LogP contribution in [-0.4, -0.2) is 13.2 Å². The quantitative estimate of drug-likeness (QED) is 0.641. The smallest absolute Gasteiger partial charge is 0.126 e. The van der Waals surface area contributed by atoms with Crippen LogP contribution in [0.4, 0.5) is 0 Å². The fraction of sp³-hybridized carbons (Fsp3) is 0.500. The number of hydrogen-bond acceptors (Lipinski definition) is 2. The molecule has 1 aromatic carbocycles. The third kappa shape index (κ3) is 4.44. The normalized spacial score (nSPS) is 10.4. The fourth-order valence-electron chi connectivity index (χ4n) is 1.72. The standard InChI is InChI=1S/C16H24O2/c1-5-8-14-15(17-6-2)9-7-10-16(14)18-12-11-13(3)4/h5,7,9-10,13H,1,6,8,11-12H2,2-4H3. The number of hydrogen-bond donors (Lipinski definition) is 0. The highest BCUT2D eigenvalue weighted by Gasteiger charge is 2.09. The summed E-state index contributed by atoms with van der Waals surface area (Å²) in [5.41, 5.74) is 1.10. The zero-order valence-electron chi connectivity index (χ0n) is 11.7. The molecule has 0 spiro atoms. The Morgan fingerprint density at radius 2 is 1.89 bits per heavy atom. The van der Waals surface area contributed by atoms with E-state index in [1.165, 1.54) is 0 Å². The summed E-state index contributed by atoms with van der Waals surface area (Å²) in [6, 6.07) is 5.96. The summed E-state index contributed by atoms with van der Waals surface area (Å²) in [7, 11) is 0. The van der Waals surface area contributed by atoms with Gasteiger partial charge in [-0.3, -0.25) is 0 Å². The van der Waals surface area contributed by atoms with Crippen molar-refractivity contribution in [2.45, 2.75) is 33.6 Å². The summed E-state index contributed by atoms with van der Waals surface area (Å²) >= 11 is 0. The lowest BCUT2D eigenvalue weighted by atomic mass is 10.1. The highest BCUT2D eigenvalue weighted by Crippen LogP contribution is 2.29. The van der Waals surface area contributed by atoms with Crippen molar-refractivity contribution >= 4 is 0 Å². The molecular formula is C16H24O2. The predicted octanol–water partition coefficient (Wildman–Crippen LogP) is 4.24. The van der Waals surface area contributed by atoms with E-state index in [0.717, 1.165) is 36.5 Å². The van der Waals surface area contributed by atoms with E-state index in [-0.39, 0.29) is 0 Å². The third-order valence-corrected chi connectivity index (χ3v) is 2.69. The molecule has 0 N–H and O–H groups in total. The molecule has 0 amide bonds. The average molecular weight is 248 g/mol. The maximum Gasteiger partial charge on any atom is 0.126 e. The van der Waals surface area contributed by atoms with Crippen LogP contribution in [0.3, 0.4) is 0 Å². The molecule has 18 heavy (non-hydrogen) atoms. The molecule has 1 rings (SSSR count). The molecule has 0 aliphatic carbocycles.